The van der Waals surface area contributed by atoms with E-state index in [-0.39, 0.29) is 6.10 Å². The van der Waals surface area contributed by atoms with Gasteiger partial charge in [0.1, 0.15) is 0 Å². The van der Waals surface area contributed by atoms with Gasteiger partial charge in [0.15, 0.2) is 0 Å². The van der Waals surface area contributed by atoms with Gasteiger partial charge in [0.05, 0.1) is 6.10 Å². The Labute approximate surface area is 160 Å². The number of aliphatic hydroxyl groups excluding tert-OH is 1. The Hall–Kier alpha value is 0.01000. The zero-order valence-corrected chi connectivity index (χ0v) is 17.4. The molecule has 1 saturated carbocycles. The van der Waals surface area contributed by atoms with Crippen molar-refractivity contribution in [3.63, 3.8) is 0 Å². The minimum absolute atomic E-state index is 0.0797. The van der Waals surface area contributed by atoms with Crippen LogP contribution < -0.4 is 0 Å². The Morgan fingerprint density at radius 2 is 2.00 bits per heavy atom. The van der Waals surface area contributed by atoms with E-state index in [1.807, 2.05) is 0 Å². The van der Waals surface area contributed by atoms with Crippen molar-refractivity contribution in [1.82, 2.24) is 4.90 Å². The molecule has 1 aliphatic heterocycles. The summed E-state index contributed by atoms with van der Waals surface area (Å²) in [6, 6.07) is 1.44. The second-order valence-corrected chi connectivity index (χ2v) is 10.1. The van der Waals surface area contributed by atoms with Crippen molar-refractivity contribution in [2.24, 2.45) is 17.8 Å². The van der Waals surface area contributed by atoms with Gasteiger partial charge >= 0.3 is 0 Å². The molecule has 1 heterocycles. The van der Waals surface area contributed by atoms with Crippen LogP contribution in [-0.2, 0) is 0 Å². The average molecular weight is 366 g/mol. The first-order valence-corrected chi connectivity index (χ1v) is 11.2. The summed E-state index contributed by atoms with van der Waals surface area (Å²) in [6.45, 7) is 4.63. The van der Waals surface area contributed by atoms with Gasteiger partial charge < -0.3 is 5.11 Å². The van der Waals surface area contributed by atoms with Gasteiger partial charge in [-0.05, 0) is 76.2 Å². The van der Waals surface area contributed by atoms with Gasteiger partial charge in [0.25, 0.3) is 0 Å². The molecule has 0 aromatic carbocycles. The number of piperidine rings is 1. The van der Waals surface area contributed by atoms with Crippen molar-refractivity contribution in [1.29, 1.82) is 0 Å². The highest BCUT2D eigenvalue weighted by Crippen LogP contribution is 2.47. The first kappa shape index (κ1) is 19.8. The summed E-state index contributed by atoms with van der Waals surface area (Å²) in [5.74, 6) is 2.40. The van der Waals surface area contributed by atoms with Crippen molar-refractivity contribution in [3.05, 3.63) is 11.6 Å². The predicted molar refractivity (Wildman–Crippen MR) is 110 cm³/mol. The van der Waals surface area contributed by atoms with Gasteiger partial charge in [0, 0.05) is 17.3 Å². The van der Waals surface area contributed by atoms with Crippen LogP contribution in [0.2, 0.25) is 0 Å². The number of rotatable bonds is 6. The lowest BCUT2D eigenvalue weighted by Crippen LogP contribution is -2.53. The van der Waals surface area contributed by atoms with Gasteiger partial charge in [-0.2, -0.15) is 12.6 Å². The molecule has 2 nitrogen and oxygen atoms in total. The number of hydrogen-bond donors (Lipinski definition) is 2. The van der Waals surface area contributed by atoms with Gasteiger partial charge in [-0.25, -0.2) is 0 Å². The second-order valence-electron chi connectivity index (χ2n) is 9.40. The third kappa shape index (κ3) is 4.84. The number of fused-ring (bicyclic) bond motifs is 3. The second kappa shape index (κ2) is 8.80. The molecule has 0 amide bonds. The number of hydrogen-bond acceptors (Lipinski definition) is 3. The van der Waals surface area contributed by atoms with Crippen molar-refractivity contribution in [2.45, 2.75) is 101 Å². The maximum atomic E-state index is 9.98. The number of nitrogens with zero attached hydrogens (tertiary/aromatic N) is 1. The Balaban J connectivity index is 1.54. The lowest BCUT2D eigenvalue weighted by Gasteiger charge is -2.51. The van der Waals surface area contributed by atoms with Crippen LogP contribution in [-0.4, -0.2) is 40.5 Å². The zero-order valence-electron chi connectivity index (χ0n) is 16.5. The highest BCUT2D eigenvalue weighted by atomic mass is 32.1. The first-order chi connectivity index (χ1) is 12.0. The third-order valence-electron chi connectivity index (χ3n) is 7.19. The Morgan fingerprint density at radius 1 is 1.20 bits per heavy atom. The van der Waals surface area contributed by atoms with Crippen molar-refractivity contribution in [2.75, 3.05) is 7.05 Å². The summed E-state index contributed by atoms with van der Waals surface area (Å²) in [4.78, 5) is 2.71. The van der Waals surface area contributed by atoms with Crippen LogP contribution in [0.1, 0.15) is 78.1 Å². The van der Waals surface area contributed by atoms with Crippen LogP contribution >= 0.6 is 12.6 Å². The van der Waals surface area contributed by atoms with Gasteiger partial charge in [-0.3, -0.25) is 4.90 Å². The molecular formula is C22H39NOS. The van der Waals surface area contributed by atoms with E-state index in [0.717, 1.165) is 36.6 Å². The molecule has 0 spiro atoms. The lowest BCUT2D eigenvalue weighted by molar-refractivity contribution is 0.0172. The molecule has 3 heteroatoms. The van der Waals surface area contributed by atoms with E-state index in [2.05, 4.69) is 31.9 Å². The molecule has 25 heavy (non-hydrogen) atoms. The molecule has 6 atom stereocenters. The van der Waals surface area contributed by atoms with E-state index in [0.29, 0.717) is 11.3 Å². The minimum Gasteiger partial charge on any atom is -0.393 e. The molecule has 1 saturated heterocycles. The Kier molecular flexibility index (Phi) is 6.96. The molecule has 6 unspecified atom stereocenters. The molecule has 3 rings (SSSR count). The van der Waals surface area contributed by atoms with Crippen LogP contribution in [0, 0.1) is 17.8 Å². The fraction of sp³-hybridized carbons (Fsp3) is 0.909. The Morgan fingerprint density at radius 3 is 2.76 bits per heavy atom. The first-order valence-electron chi connectivity index (χ1n) is 10.7. The maximum absolute atomic E-state index is 9.98. The van der Waals surface area contributed by atoms with E-state index in [9.17, 15) is 5.11 Å². The zero-order chi connectivity index (χ0) is 18.0. The monoisotopic (exact) mass is 365 g/mol. The molecular weight excluding hydrogens is 326 g/mol. The van der Waals surface area contributed by atoms with E-state index in [1.165, 1.54) is 51.4 Å². The molecule has 2 fully saturated rings. The summed E-state index contributed by atoms with van der Waals surface area (Å²) >= 11 is 4.92. The van der Waals surface area contributed by atoms with Crippen molar-refractivity contribution >= 4 is 12.6 Å². The van der Waals surface area contributed by atoms with Crippen LogP contribution in [0.4, 0.5) is 0 Å². The predicted octanol–water partition coefficient (Wildman–Crippen LogP) is 5.07. The molecule has 0 aromatic rings. The quantitative estimate of drug-likeness (QED) is 0.507. The molecule has 0 aromatic heterocycles. The molecule has 3 aliphatic rings. The largest absolute Gasteiger partial charge is 0.393 e. The van der Waals surface area contributed by atoms with Gasteiger partial charge in [-0.15, -0.1) is 0 Å². The Bertz CT molecular complexity index is 463. The standard InChI is InChI=1S/C22H39NOS/c1-15(2)5-4-6-19(25)14-17-8-10-21-20-11-9-18(24)13-16(20)7-12-22(21)23(17)3/h7,15,17-22,24-25H,4-6,8-14H2,1-3H3. The number of aliphatic hydroxyl groups is 1. The van der Waals surface area contributed by atoms with Crippen LogP contribution in [0.15, 0.2) is 11.6 Å². The highest BCUT2D eigenvalue weighted by molar-refractivity contribution is 7.80. The van der Waals surface area contributed by atoms with Gasteiger partial charge in [0.2, 0.25) is 0 Å². The van der Waals surface area contributed by atoms with Crippen molar-refractivity contribution < 1.29 is 5.11 Å². The SMILES string of the molecule is CC(C)CCCC(S)CC1CCC2C3CCC(O)CC3=CCC2N1C. The fourth-order valence-electron chi connectivity index (χ4n) is 5.72. The summed E-state index contributed by atoms with van der Waals surface area (Å²) in [5, 5.41) is 10.5. The molecule has 0 bridgehead atoms. The van der Waals surface area contributed by atoms with Crippen LogP contribution in [0.25, 0.3) is 0 Å². The number of thiol groups is 1. The van der Waals surface area contributed by atoms with E-state index >= 15 is 0 Å². The summed E-state index contributed by atoms with van der Waals surface area (Å²) in [7, 11) is 2.37. The summed E-state index contributed by atoms with van der Waals surface area (Å²) in [5.41, 5.74) is 1.58. The van der Waals surface area contributed by atoms with Crippen molar-refractivity contribution in [3.8, 4) is 0 Å². The third-order valence-corrected chi connectivity index (χ3v) is 7.66. The van der Waals surface area contributed by atoms with Crippen LogP contribution in [0.3, 0.4) is 0 Å². The smallest absolute Gasteiger partial charge is 0.0577 e. The van der Waals surface area contributed by atoms with E-state index in [1.54, 1.807) is 5.57 Å². The van der Waals surface area contributed by atoms with E-state index in [4.69, 9.17) is 12.6 Å². The summed E-state index contributed by atoms with van der Waals surface area (Å²) < 4.78 is 0. The van der Waals surface area contributed by atoms with E-state index < -0.39 is 0 Å². The normalized spacial score (nSPS) is 37.4. The maximum Gasteiger partial charge on any atom is 0.0577 e. The summed E-state index contributed by atoms with van der Waals surface area (Å²) in [6.07, 6.45) is 14.6. The number of likely N-dealkylation sites (tertiary alicyclic amines) is 1. The minimum atomic E-state index is -0.0797. The van der Waals surface area contributed by atoms with Crippen LogP contribution in [0.5, 0.6) is 0 Å². The fourth-order valence-corrected chi connectivity index (χ4v) is 6.15. The molecule has 0 radical (unpaired) electrons. The molecule has 2 aliphatic carbocycles. The average Bonchev–Trinajstić information content (AvgIpc) is 2.56. The van der Waals surface area contributed by atoms with Gasteiger partial charge in [-0.1, -0.05) is 38.3 Å². The lowest BCUT2D eigenvalue weighted by atomic mass is 9.64. The molecule has 144 valence electrons. The topological polar surface area (TPSA) is 23.5 Å². The highest BCUT2D eigenvalue weighted by Gasteiger charge is 2.43. The molecule has 1 N–H and O–H groups in total.